The van der Waals surface area contributed by atoms with Crippen LogP contribution in [0.4, 0.5) is 30.8 Å². The maximum Gasteiger partial charge on any atom is 0.251 e. The van der Waals surface area contributed by atoms with Crippen molar-refractivity contribution in [3.8, 4) is 6.07 Å². The van der Waals surface area contributed by atoms with Crippen LogP contribution >= 0.6 is 0 Å². The zero-order valence-electron chi connectivity index (χ0n) is 16.8. The summed E-state index contributed by atoms with van der Waals surface area (Å²) in [6.07, 6.45) is 1.99. The van der Waals surface area contributed by atoms with E-state index >= 15 is 0 Å². The largest absolute Gasteiger partial charge is 0.338 e. The van der Waals surface area contributed by atoms with E-state index in [4.69, 9.17) is 5.26 Å². The SMILES string of the molecule is Cc1c(F)c(F)nc(Nc2cc(C3CCCN(C)C3)nc(N3CC(C#N)C3)n2)c1F. The van der Waals surface area contributed by atoms with Crippen LogP contribution in [-0.2, 0) is 0 Å². The zero-order chi connectivity index (χ0) is 21.4. The summed E-state index contributed by atoms with van der Waals surface area (Å²) in [4.78, 5) is 16.6. The average molecular weight is 417 g/mol. The van der Waals surface area contributed by atoms with E-state index in [1.54, 1.807) is 6.07 Å². The number of piperidine rings is 1. The predicted molar refractivity (Wildman–Crippen MR) is 105 cm³/mol. The summed E-state index contributed by atoms with van der Waals surface area (Å²) in [7, 11) is 2.05. The van der Waals surface area contributed by atoms with Crippen molar-refractivity contribution in [3.05, 3.63) is 34.9 Å². The molecule has 0 amide bonds. The highest BCUT2D eigenvalue weighted by Crippen LogP contribution is 2.31. The number of nitrogens with one attached hydrogen (secondary N) is 1. The van der Waals surface area contributed by atoms with Gasteiger partial charge in [-0.15, -0.1) is 0 Å². The van der Waals surface area contributed by atoms with E-state index < -0.39 is 29.0 Å². The van der Waals surface area contributed by atoms with Gasteiger partial charge in [-0.25, -0.2) is 13.8 Å². The summed E-state index contributed by atoms with van der Waals surface area (Å²) in [6, 6.07) is 3.91. The van der Waals surface area contributed by atoms with Crippen molar-refractivity contribution < 1.29 is 13.2 Å². The lowest BCUT2D eigenvalue weighted by atomic mass is 9.94. The Kier molecular flexibility index (Phi) is 5.47. The fourth-order valence-electron chi connectivity index (χ4n) is 3.83. The van der Waals surface area contributed by atoms with Gasteiger partial charge in [0.05, 0.1) is 17.7 Å². The van der Waals surface area contributed by atoms with Gasteiger partial charge in [0.15, 0.2) is 17.5 Å². The van der Waals surface area contributed by atoms with Gasteiger partial charge in [-0.3, -0.25) is 0 Å². The van der Waals surface area contributed by atoms with Crippen LogP contribution in [0.2, 0.25) is 0 Å². The normalized spacial score (nSPS) is 20.0. The van der Waals surface area contributed by atoms with Crippen LogP contribution in [0.15, 0.2) is 6.07 Å². The van der Waals surface area contributed by atoms with Crippen molar-refractivity contribution in [2.24, 2.45) is 5.92 Å². The monoisotopic (exact) mass is 417 g/mol. The van der Waals surface area contributed by atoms with Crippen LogP contribution < -0.4 is 10.2 Å². The molecule has 2 aromatic rings. The first-order valence-electron chi connectivity index (χ1n) is 9.86. The number of nitriles is 1. The molecule has 158 valence electrons. The van der Waals surface area contributed by atoms with Gasteiger partial charge in [0.25, 0.3) is 5.95 Å². The third kappa shape index (κ3) is 3.89. The van der Waals surface area contributed by atoms with Gasteiger partial charge < -0.3 is 15.1 Å². The zero-order valence-corrected chi connectivity index (χ0v) is 16.8. The van der Waals surface area contributed by atoms with Gasteiger partial charge in [0.1, 0.15) is 5.82 Å². The predicted octanol–water partition coefficient (Wildman–Crippen LogP) is 3.11. The van der Waals surface area contributed by atoms with Crippen LogP contribution in [0.3, 0.4) is 0 Å². The second kappa shape index (κ2) is 8.07. The number of hydrogen-bond donors (Lipinski definition) is 1. The standard InChI is InChI=1S/C20H22F3N7/c1-11-16(21)18(23)28-19(17(11)22)26-15-6-14(13-4-3-5-29(2)10-13)25-20(27-15)30-8-12(7-24)9-30/h6,12-13H,3-5,8-10H2,1-2H3,(H,25,26,27,28). The molecule has 1 unspecified atom stereocenters. The number of hydrogen-bond acceptors (Lipinski definition) is 7. The molecule has 1 N–H and O–H groups in total. The summed E-state index contributed by atoms with van der Waals surface area (Å²) >= 11 is 0. The average Bonchev–Trinajstić information content (AvgIpc) is 2.69. The van der Waals surface area contributed by atoms with E-state index in [2.05, 4.69) is 31.2 Å². The number of halogens is 3. The van der Waals surface area contributed by atoms with E-state index in [9.17, 15) is 13.2 Å². The Morgan fingerprint density at radius 2 is 1.90 bits per heavy atom. The Balaban J connectivity index is 1.68. The molecule has 2 saturated heterocycles. The maximum absolute atomic E-state index is 14.4. The number of rotatable bonds is 4. The molecule has 0 bridgehead atoms. The summed E-state index contributed by atoms with van der Waals surface area (Å²) in [5.74, 6) is -3.32. The highest BCUT2D eigenvalue weighted by Gasteiger charge is 2.30. The molecule has 0 aliphatic carbocycles. The van der Waals surface area contributed by atoms with Crippen LogP contribution in [0.25, 0.3) is 0 Å². The number of nitrogens with zero attached hydrogens (tertiary/aromatic N) is 6. The fraction of sp³-hybridized carbons (Fsp3) is 0.500. The molecule has 4 rings (SSSR count). The Bertz CT molecular complexity index is 1000. The maximum atomic E-state index is 14.4. The molecule has 0 radical (unpaired) electrons. The quantitative estimate of drug-likeness (QED) is 0.766. The number of likely N-dealkylation sites (tertiary alicyclic amines) is 1. The molecule has 0 aromatic carbocycles. The number of aromatic nitrogens is 3. The second-order valence-electron chi connectivity index (χ2n) is 7.94. The highest BCUT2D eigenvalue weighted by atomic mass is 19.2. The van der Waals surface area contributed by atoms with Crippen molar-refractivity contribution in [2.75, 3.05) is 43.4 Å². The molecule has 0 spiro atoms. The highest BCUT2D eigenvalue weighted by molar-refractivity contribution is 5.56. The molecule has 10 heteroatoms. The molecule has 2 aliphatic rings. The molecule has 2 fully saturated rings. The first-order valence-corrected chi connectivity index (χ1v) is 9.86. The molecule has 0 saturated carbocycles. The third-order valence-corrected chi connectivity index (χ3v) is 5.63. The van der Waals surface area contributed by atoms with E-state index in [1.165, 1.54) is 0 Å². The first-order chi connectivity index (χ1) is 14.4. The molecule has 2 aliphatic heterocycles. The van der Waals surface area contributed by atoms with Crippen LogP contribution in [0.5, 0.6) is 0 Å². The number of pyridine rings is 1. The molecule has 4 heterocycles. The van der Waals surface area contributed by atoms with Gasteiger partial charge in [0.2, 0.25) is 5.95 Å². The summed E-state index contributed by atoms with van der Waals surface area (Å²) < 4.78 is 41.7. The summed E-state index contributed by atoms with van der Waals surface area (Å²) in [6.45, 7) is 4.02. The lowest BCUT2D eigenvalue weighted by Crippen LogP contribution is -2.47. The van der Waals surface area contributed by atoms with Crippen molar-refractivity contribution >= 4 is 17.6 Å². The van der Waals surface area contributed by atoms with Gasteiger partial charge in [-0.2, -0.15) is 19.6 Å². The third-order valence-electron chi connectivity index (χ3n) is 5.63. The first kappa shape index (κ1) is 20.3. The van der Waals surface area contributed by atoms with Crippen LogP contribution in [-0.4, -0.2) is 53.1 Å². The lowest BCUT2D eigenvalue weighted by molar-refractivity contribution is 0.248. The topological polar surface area (TPSA) is 81.0 Å². The minimum absolute atomic E-state index is 0.0811. The Labute approximate surface area is 172 Å². The van der Waals surface area contributed by atoms with Gasteiger partial charge in [0, 0.05) is 37.2 Å². The van der Waals surface area contributed by atoms with Crippen molar-refractivity contribution in [1.82, 2.24) is 19.9 Å². The molecule has 7 nitrogen and oxygen atoms in total. The Hall–Kier alpha value is -2.93. The van der Waals surface area contributed by atoms with E-state index in [1.807, 2.05) is 11.9 Å². The summed E-state index contributed by atoms with van der Waals surface area (Å²) in [5.41, 5.74) is 0.335. The lowest BCUT2D eigenvalue weighted by Gasteiger charge is -2.36. The number of likely N-dealkylation sites (N-methyl/N-ethyl adjacent to an activating group) is 1. The minimum Gasteiger partial charge on any atom is -0.338 e. The Morgan fingerprint density at radius 1 is 1.13 bits per heavy atom. The fourth-order valence-corrected chi connectivity index (χ4v) is 3.83. The molecule has 1 atom stereocenters. The van der Waals surface area contributed by atoms with Crippen LogP contribution in [0, 0.1) is 41.8 Å². The van der Waals surface area contributed by atoms with E-state index in [0.717, 1.165) is 38.5 Å². The molecule has 30 heavy (non-hydrogen) atoms. The van der Waals surface area contributed by atoms with E-state index in [0.29, 0.717) is 19.0 Å². The van der Waals surface area contributed by atoms with Crippen molar-refractivity contribution in [2.45, 2.75) is 25.7 Å². The van der Waals surface area contributed by atoms with Gasteiger partial charge in [-0.1, -0.05) is 0 Å². The second-order valence-corrected chi connectivity index (χ2v) is 7.94. The number of anilines is 3. The van der Waals surface area contributed by atoms with Crippen LogP contribution in [0.1, 0.15) is 30.0 Å². The van der Waals surface area contributed by atoms with Crippen molar-refractivity contribution in [1.29, 1.82) is 5.26 Å². The molecular formula is C20H22F3N7. The van der Waals surface area contributed by atoms with E-state index in [-0.39, 0.29) is 17.7 Å². The van der Waals surface area contributed by atoms with Gasteiger partial charge in [-0.05, 0) is 33.4 Å². The molecule has 2 aromatic heterocycles. The minimum atomic E-state index is -1.38. The Morgan fingerprint density at radius 3 is 2.60 bits per heavy atom. The summed E-state index contributed by atoms with van der Waals surface area (Å²) in [5, 5.41) is 11.7. The molecular weight excluding hydrogens is 395 g/mol. The van der Waals surface area contributed by atoms with Gasteiger partial charge >= 0.3 is 0 Å². The smallest absolute Gasteiger partial charge is 0.251 e. The van der Waals surface area contributed by atoms with Crippen molar-refractivity contribution in [3.63, 3.8) is 0 Å².